The Kier molecular flexibility index (Phi) is 3.14. The second-order valence-electron chi connectivity index (χ2n) is 4.76. The van der Waals surface area contributed by atoms with E-state index in [0.717, 1.165) is 38.8 Å². The molecule has 0 aromatic rings. The van der Waals surface area contributed by atoms with Gasteiger partial charge in [0.15, 0.2) is 0 Å². The summed E-state index contributed by atoms with van der Waals surface area (Å²) in [6.45, 7) is 1.77. The van der Waals surface area contributed by atoms with E-state index in [4.69, 9.17) is 4.74 Å². The molecule has 1 N–H and O–H groups in total. The molecule has 2 rings (SSSR count). The number of ether oxygens (including phenoxy) is 1. The summed E-state index contributed by atoms with van der Waals surface area (Å²) in [5, 5.41) is 2.98. The van der Waals surface area contributed by atoms with Gasteiger partial charge in [-0.25, -0.2) is 0 Å². The standard InChI is InChI=1S/C11H18N2O3/c1-16-7-10(15)12-9-6-11(9)2-4-13(8-14)5-3-11/h8-9H,2-7H2,1H3,(H,12,15). The lowest BCUT2D eigenvalue weighted by Crippen LogP contribution is -2.38. The molecule has 2 fully saturated rings. The van der Waals surface area contributed by atoms with Gasteiger partial charge in [-0.15, -0.1) is 0 Å². The lowest BCUT2D eigenvalue weighted by atomic mass is 9.93. The maximum Gasteiger partial charge on any atom is 0.246 e. The van der Waals surface area contributed by atoms with E-state index >= 15 is 0 Å². The smallest absolute Gasteiger partial charge is 0.246 e. The Morgan fingerprint density at radius 2 is 2.25 bits per heavy atom. The molecule has 5 heteroatoms. The number of hydrogen-bond acceptors (Lipinski definition) is 3. The Labute approximate surface area is 95.1 Å². The molecular formula is C11H18N2O3. The van der Waals surface area contributed by atoms with Crippen molar-refractivity contribution in [1.29, 1.82) is 0 Å². The van der Waals surface area contributed by atoms with E-state index < -0.39 is 0 Å². The minimum Gasteiger partial charge on any atom is -0.375 e. The topological polar surface area (TPSA) is 58.6 Å². The maximum absolute atomic E-state index is 11.3. The second kappa shape index (κ2) is 4.41. The summed E-state index contributed by atoms with van der Waals surface area (Å²) >= 11 is 0. The van der Waals surface area contributed by atoms with Crippen LogP contribution in [-0.2, 0) is 14.3 Å². The molecule has 1 saturated carbocycles. The van der Waals surface area contributed by atoms with Crippen molar-refractivity contribution in [2.75, 3.05) is 26.8 Å². The SMILES string of the molecule is COCC(=O)NC1CC12CCN(C=O)CC2. The number of piperidine rings is 1. The van der Waals surface area contributed by atoms with Crippen molar-refractivity contribution < 1.29 is 14.3 Å². The van der Waals surface area contributed by atoms with E-state index in [1.54, 1.807) is 4.90 Å². The molecule has 0 radical (unpaired) electrons. The van der Waals surface area contributed by atoms with Crippen molar-refractivity contribution in [1.82, 2.24) is 10.2 Å². The molecule has 1 unspecified atom stereocenters. The first kappa shape index (κ1) is 11.4. The summed E-state index contributed by atoms with van der Waals surface area (Å²) < 4.78 is 4.78. The molecule has 1 aliphatic heterocycles. The highest BCUT2D eigenvalue weighted by Gasteiger charge is 2.55. The average molecular weight is 226 g/mol. The molecule has 1 heterocycles. The normalized spacial score (nSPS) is 26.6. The van der Waals surface area contributed by atoms with Crippen LogP contribution in [-0.4, -0.2) is 50.1 Å². The van der Waals surface area contributed by atoms with Gasteiger partial charge < -0.3 is 15.0 Å². The van der Waals surface area contributed by atoms with Crippen LogP contribution in [0, 0.1) is 5.41 Å². The van der Waals surface area contributed by atoms with Crippen LogP contribution in [0.2, 0.25) is 0 Å². The lowest BCUT2D eigenvalue weighted by Gasteiger charge is -2.30. The van der Waals surface area contributed by atoms with Crippen LogP contribution in [0.1, 0.15) is 19.3 Å². The summed E-state index contributed by atoms with van der Waals surface area (Å²) in [7, 11) is 1.52. The number of rotatable bonds is 4. The molecule has 16 heavy (non-hydrogen) atoms. The summed E-state index contributed by atoms with van der Waals surface area (Å²) in [6.07, 6.45) is 3.97. The van der Waals surface area contributed by atoms with Crippen LogP contribution < -0.4 is 5.32 Å². The highest BCUT2D eigenvalue weighted by molar-refractivity contribution is 5.78. The molecule has 0 aromatic carbocycles. The van der Waals surface area contributed by atoms with Gasteiger partial charge in [0.25, 0.3) is 0 Å². The third kappa shape index (κ3) is 2.19. The zero-order valence-corrected chi connectivity index (χ0v) is 9.57. The third-order valence-corrected chi connectivity index (χ3v) is 3.74. The van der Waals surface area contributed by atoms with Crippen LogP contribution >= 0.6 is 0 Å². The second-order valence-corrected chi connectivity index (χ2v) is 4.76. The van der Waals surface area contributed by atoms with E-state index in [1.165, 1.54) is 7.11 Å². The fourth-order valence-electron chi connectivity index (χ4n) is 2.55. The maximum atomic E-state index is 11.3. The van der Waals surface area contributed by atoms with Crippen LogP contribution in [0.25, 0.3) is 0 Å². The van der Waals surface area contributed by atoms with Crippen molar-refractivity contribution in [2.45, 2.75) is 25.3 Å². The zero-order valence-electron chi connectivity index (χ0n) is 9.57. The molecule has 90 valence electrons. The zero-order chi connectivity index (χ0) is 11.6. The number of carbonyl (C=O) groups is 2. The van der Waals surface area contributed by atoms with Gasteiger partial charge in [-0.2, -0.15) is 0 Å². The number of carbonyl (C=O) groups excluding carboxylic acids is 2. The van der Waals surface area contributed by atoms with E-state index in [1.807, 2.05) is 0 Å². The van der Waals surface area contributed by atoms with E-state index in [0.29, 0.717) is 6.04 Å². The van der Waals surface area contributed by atoms with Gasteiger partial charge >= 0.3 is 0 Å². The molecule has 1 spiro atoms. The molecule has 2 aliphatic rings. The van der Waals surface area contributed by atoms with Gasteiger partial charge in [0.1, 0.15) is 6.61 Å². The Morgan fingerprint density at radius 3 is 2.81 bits per heavy atom. The molecule has 2 amide bonds. The quantitative estimate of drug-likeness (QED) is 0.673. The van der Waals surface area contributed by atoms with Gasteiger partial charge in [0, 0.05) is 26.2 Å². The number of methoxy groups -OCH3 is 1. The van der Waals surface area contributed by atoms with Crippen molar-refractivity contribution >= 4 is 12.3 Å². The molecule has 0 aromatic heterocycles. The Balaban J connectivity index is 1.77. The number of likely N-dealkylation sites (tertiary alicyclic amines) is 1. The Bertz CT molecular complexity index is 285. The summed E-state index contributed by atoms with van der Waals surface area (Å²) in [5.74, 6) is -0.0396. The Morgan fingerprint density at radius 1 is 1.56 bits per heavy atom. The fourth-order valence-corrected chi connectivity index (χ4v) is 2.55. The largest absolute Gasteiger partial charge is 0.375 e. The number of amides is 2. The lowest BCUT2D eigenvalue weighted by molar-refractivity contribution is -0.125. The van der Waals surface area contributed by atoms with Crippen LogP contribution in [0.3, 0.4) is 0 Å². The van der Waals surface area contributed by atoms with Crippen LogP contribution in [0.5, 0.6) is 0 Å². The summed E-state index contributed by atoms with van der Waals surface area (Å²) in [5.41, 5.74) is 0.267. The molecule has 1 atom stereocenters. The molecular weight excluding hydrogens is 208 g/mol. The third-order valence-electron chi connectivity index (χ3n) is 3.74. The predicted octanol–water partition coefficient (Wildman–Crippen LogP) is -0.240. The molecule has 5 nitrogen and oxygen atoms in total. The minimum atomic E-state index is -0.0396. The molecule has 1 saturated heterocycles. The number of hydrogen-bond donors (Lipinski definition) is 1. The summed E-state index contributed by atoms with van der Waals surface area (Å²) in [6, 6.07) is 0.295. The van der Waals surface area contributed by atoms with Crippen molar-refractivity contribution in [3.63, 3.8) is 0 Å². The van der Waals surface area contributed by atoms with E-state index in [-0.39, 0.29) is 17.9 Å². The number of nitrogens with one attached hydrogen (secondary N) is 1. The van der Waals surface area contributed by atoms with Gasteiger partial charge in [-0.1, -0.05) is 0 Å². The van der Waals surface area contributed by atoms with Gasteiger partial charge in [0.2, 0.25) is 12.3 Å². The monoisotopic (exact) mass is 226 g/mol. The Hall–Kier alpha value is -1.10. The van der Waals surface area contributed by atoms with Gasteiger partial charge in [0.05, 0.1) is 0 Å². The van der Waals surface area contributed by atoms with E-state index in [9.17, 15) is 9.59 Å². The van der Waals surface area contributed by atoms with Gasteiger partial charge in [-0.3, -0.25) is 9.59 Å². The minimum absolute atomic E-state index is 0.0396. The highest BCUT2D eigenvalue weighted by atomic mass is 16.5. The average Bonchev–Trinajstić information content (AvgIpc) is 2.92. The highest BCUT2D eigenvalue weighted by Crippen LogP contribution is 2.53. The van der Waals surface area contributed by atoms with Crippen molar-refractivity contribution in [3.05, 3.63) is 0 Å². The molecule has 0 bridgehead atoms. The predicted molar refractivity (Wildman–Crippen MR) is 57.7 cm³/mol. The fraction of sp³-hybridized carbons (Fsp3) is 0.818. The first-order valence-corrected chi connectivity index (χ1v) is 5.68. The van der Waals surface area contributed by atoms with Crippen molar-refractivity contribution in [2.24, 2.45) is 5.41 Å². The first-order chi connectivity index (χ1) is 7.70. The molecule has 1 aliphatic carbocycles. The van der Waals surface area contributed by atoms with Crippen LogP contribution in [0.15, 0.2) is 0 Å². The van der Waals surface area contributed by atoms with Crippen LogP contribution in [0.4, 0.5) is 0 Å². The number of nitrogens with zero attached hydrogens (tertiary/aromatic N) is 1. The summed E-state index contributed by atoms with van der Waals surface area (Å²) in [4.78, 5) is 23.7. The first-order valence-electron chi connectivity index (χ1n) is 5.68. The van der Waals surface area contributed by atoms with Gasteiger partial charge in [-0.05, 0) is 24.7 Å². The van der Waals surface area contributed by atoms with Crippen molar-refractivity contribution in [3.8, 4) is 0 Å². The van der Waals surface area contributed by atoms with E-state index in [2.05, 4.69) is 5.32 Å².